The Balaban J connectivity index is 2.62. The van der Waals surface area contributed by atoms with Gasteiger partial charge in [0, 0.05) is 11.9 Å². The minimum atomic E-state index is 0.764. The van der Waals surface area contributed by atoms with Crippen LogP contribution in [0.2, 0.25) is 0 Å². The molecule has 0 aliphatic rings. The normalized spacial score (nSPS) is 11.4. The minimum Gasteiger partial charge on any atom is -0.372 e. The summed E-state index contributed by atoms with van der Waals surface area (Å²) >= 11 is 1.74. The summed E-state index contributed by atoms with van der Waals surface area (Å²) in [6, 6.07) is 0. The monoisotopic (exact) mass is 250 g/mol. The van der Waals surface area contributed by atoms with Crippen molar-refractivity contribution in [3.05, 3.63) is 16.3 Å². The topological polar surface area (TPSA) is 41.1 Å². The predicted molar refractivity (Wildman–Crippen MR) is 73.8 cm³/mol. The van der Waals surface area contributed by atoms with Crippen LogP contribution in [0.1, 0.15) is 16.3 Å². The van der Waals surface area contributed by atoms with Crippen molar-refractivity contribution in [2.24, 2.45) is 0 Å². The van der Waals surface area contributed by atoms with Gasteiger partial charge in [0.1, 0.15) is 16.5 Å². The van der Waals surface area contributed by atoms with Gasteiger partial charge < -0.3 is 10.2 Å². The molecule has 1 N–H and O–H groups in total. The maximum atomic E-state index is 4.63. The Morgan fingerprint density at radius 1 is 1.24 bits per heavy atom. The van der Waals surface area contributed by atoms with Gasteiger partial charge in [0.2, 0.25) is 0 Å². The molecule has 5 heteroatoms. The average molecular weight is 250 g/mol. The Kier molecular flexibility index (Phi) is 3.31. The molecular formula is C12H18N4S. The number of hydrogen-bond acceptors (Lipinski definition) is 5. The van der Waals surface area contributed by atoms with E-state index in [2.05, 4.69) is 34.0 Å². The fourth-order valence-corrected chi connectivity index (χ4v) is 2.88. The number of nitrogens with zero attached hydrogens (tertiary/aromatic N) is 3. The number of nitrogens with one attached hydrogen (secondary N) is 1. The molecule has 0 fully saturated rings. The summed E-state index contributed by atoms with van der Waals surface area (Å²) in [5.41, 5.74) is 1.28. The number of thiophene rings is 1. The second-order valence-electron chi connectivity index (χ2n) is 4.44. The molecule has 0 saturated heterocycles. The van der Waals surface area contributed by atoms with Crippen molar-refractivity contribution in [2.45, 2.75) is 20.4 Å². The van der Waals surface area contributed by atoms with Crippen molar-refractivity contribution in [2.75, 3.05) is 26.5 Å². The van der Waals surface area contributed by atoms with E-state index in [9.17, 15) is 0 Å². The van der Waals surface area contributed by atoms with E-state index in [0.717, 1.165) is 28.4 Å². The lowest BCUT2D eigenvalue weighted by Gasteiger charge is -2.10. The maximum Gasteiger partial charge on any atom is 0.146 e. The van der Waals surface area contributed by atoms with Gasteiger partial charge in [-0.2, -0.15) is 0 Å². The second-order valence-corrected chi connectivity index (χ2v) is 5.64. The molecule has 0 radical (unpaired) electrons. The van der Waals surface area contributed by atoms with Crippen LogP contribution >= 0.6 is 11.3 Å². The van der Waals surface area contributed by atoms with Crippen molar-refractivity contribution < 1.29 is 0 Å². The van der Waals surface area contributed by atoms with Gasteiger partial charge in [-0.1, -0.05) is 0 Å². The molecule has 0 amide bonds. The molecule has 0 saturated carbocycles. The van der Waals surface area contributed by atoms with Crippen LogP contribution in [0, 0.1) is 13.8 Å². The van der Waals surface area contributed by atoms with Crippen LogP contribution < -0.4 is 5.32 Å². The zero-order valence-electron chi connectivity index (χ0n) is 11.0. The first kappa shape index (κ1) is 12.3. The number of aromatic nitrogens is 2. The van der Waals surface area contributed by atoms with Gasteiger partial charge in [-0.25, -0.2) is 9.97 Å². The molecule has 4 nitrogen and oxygen atoms in total. The van der Waals surface area contributed by atoms with Gasteiger partial charge in [0.15, 0.2) is 0 Å². The third kappa shape index (κ3) is 2.25. The van der Waals surface area contributed by atoms with Crippen LogP contribution in [0.25, 0.3) is 10.2 Å². The van der Waals surface area contributed by atoms with Crippen LogP contribution in [0.3, 0.4) is 0 Å². The molecule has 0 aromatic carbocycles. The molecule has 92 valence electrons. The van der Waals surface area contributed by atoms with E-state index in [4.69, 9.17) is 0 Å². The molecule has 0 unspecified atom stereocenters. The molecule has 2 rings (SSSR count). The molecule has 2 aromatic heterocycles. The van der Waals surface area contributed by atoms with E-state index >= 15 is 0 Å². The molecule has 0 aliphatic carbocycles. The molecule has 0 bridgehead atoms. The zero-order valence-corrected chi connectivity index (χ0v) is 11.8. The van der Waals surface area contributed by atoms with Gasteiger partial charge in [0.25, 0.3) is 0 Å². The largest absolute Gasteiger partial charge is 0.372 e. The van der Waals surface area contributed by atoms with Crippen LogP contribution in [0.4, 0.5) is 5.82 Å². The van der Waals surface area contributed by atoms with Crippen LogP contribution in [-0.2, 0) is 6.54 Å². The highest BCUT2D eigenvalue weighted by molar-refractivity contribution is 7.18. The lowest BCUT2D eigenvalue weighted by molar-refractivity contribution is 0.391. The molecule has 2 heterocycles. The number of aryl methyl sites for hydroxylation is 2. The highest BCUT2D eigenvalue weighted by Crippen LogP contribution is 2.33. The van der Waals surface area contributed by atoms with Crippen molar-refractivity contribution in [1.29, 1.82) is 0 Å². The SMILES string of the molecule is CNc1nc(CN(C)C)nc2sc(C)c(C)c12. The van der Waals surface area contributed by atoms with Gasteiger partial charge in [-0.15, -0.1) is 11.3 Å². The summed E-state index contributed by atoms with van der Waals surface area (Å²) in [7, 11) is 5.96. The summed E-state index contributed by atoms with van der Waals surface area (Å²) in [6.07, 6.45) is 0. The standard InChI is InChI=1S/C12H18N4S/c1-7-8(2)17-12-10(7)11(13-3)14-9(15-12)6-16(4)5/h6H2,1-5H3,(H,13,14,15). The molecule has 0 atom stereocenters. The Hall–Kier alpha value is -1.20. The first-order valence-corrected chi connectivity index (χ1v) is 6.43. The van der Waals surface area contributed by atoms with Crippen molar-refractivity contribution in [1.82, 2.24) is 14.9 Å². The number of fused-ring (bicyclic) bond motifs is 1. The zero-order chi connectivity index (χ0) is 12.6. The van der Waals surface area contributed by atoms with E-state index < -0.39 is 0 Å². The lowest BCUT2D eigenvalue weighted by atomic mass is 10.2. The first-order chi connectivity index (χ1) is 8.02. The van der Waals surface area contributed by atoms with E-state index in [1.807, 2.05) is 21.1 Å². The van der Waals surface area contributed by atoms with E-state index in [1.165, 1.54) is 10.4 Å². The molecule has 0 aliphatic heterocycles. The highest BCUT2D eigenvalue weighted by atomic mass is 32.1. The summed E-state index contributed by atoms with van der Waals surface area (Å²) in [5, 5.41) is 4.34. The molecule has 17 heavy (non-hydrogen) atoms. The summed E-state index contributed by atoms with van der Waals surface area (Å²) in [4.78, 5) is 13.7. The summed E-state index contributed by atoms with van der Waals surface area (Å²) in [6.45, 7) is 5.03. The lowest BCUT2D eigenvalue weighted by Crippen LogP contribution is -2.14. The average Bonchev–Trinajstić information content (AvgIpc) is 2.53. The van der Waals surface area contributed by atoms with Gasteiger partial charge >= 0.3 is 0 Å². The van der Waals surface area contributed by atoms with E-state index in [1.54, 1.807) is 11.3 Å². The maximum absolute atomic E-state index is 4.63. The van der Waals surface area contributed by atoms with Crippen LogP contribution in [0.15, 0.2) is 0 Å². The van der Waals surface area contributed by atoms with Gasteiger partial charge in [0.05, 0.1) is 11.9 Å². The smallest absolute Gasteiger partial charge is 0.146 e. The van der Waals surface area contributed by atoms with E-state index in [0.29, 0.717) is 0 Å². The number of rotatable bonds is 3. The minimum absolute atomic E-state index is 0.764. The third-order valence-electron chi connectivity index (χ3n) is 2.77. The van der Waals surface area contributed by atoms with Crippen molar-refractivity contribution in [3.8, 4) is 0 Å². The van der Waals surface area contributed by atoms with Gasteiger partial charge in [-0.05, 0) is 33.5 Å². The predicted octanol–water partition coefficient (Wildman–Crippen LogP) is 2.41. The van der Waals surface area contributed by atoms with Crippen LogP contribution in [0.5, 0.6) is 0 Å². The Morgan fingerprint density at radius 3 is 2.53 bits per heavy atom. The first-order valence-electron chi connectivity index (χ1n) is 5.62. The highest BCUT2D eigenvalue weighted by Gasteiger charge is 2.13. The molecule has 0 spiro atoms. The Labute approximate surface area is 106 Å². The van der Waals surface area contributed by atoms with E-state index in [-0.39, 0.29) is 0 Å². The number of anilines is 1. The summed E-state index contributed by atoms with van der Waals surface area (Å²) in [5.74, 6) is 1.81. The molecule has 2 aromatic rings. The second kappa shape index (κ2) is 4.58. The van der Waals surface area contributed by atoms with Crippen molar-refractivity contribution in [3.63, 3.8) is 0 Å². The number of hydrogen-bond donors (Lipinski definition) is 1. The fourth-order valence-electron chi connectivity index (χ4n) is 1.83. The van der Waals surface area contributed by atoms with Crippen LogP contribution in [-0.4, -0.2) is 36.0 Å². The Bertz CT molecular complexity index is 545. The summed E-state index contributed by atoms with van der Waals surface area (Å²) < 4.78 is 0. The fraction of sp³-hybridized carbons (Fsp3) is 0.500. The Morgan fingerprint density at radius 2 is 1.94 bits per heavy atom. The van der Waals surface area contributed by atoms with Gasteiger partial charge in [-0.3, -0.25) is 0 Å². The van der Waals surface area contributed by atoms with Crippen molar-refractivity contribution >= 4 is 27.4 Å². The quantitative estimate of drug-likeness (QED) is 0.908. The molecular weight excluding hydrogens is 232 g/mol. The third-order valence-corrected chi connectivity index (χ3v) is 3.87.